The van der Waals surface area contributed by atoms with Gasteiger partial charge in [-0.05, 0) is 110 Å². The lowest BCUT2D eigenvalue weighted by molar-refractivity contribution is -0.151. The summed E-state index contributed by atoms with van der Waals surface area (Å²) < 4.78 is 6.15. The number of hydrogen-bond donors (Lipinski definition) is 0. The third-order valence-corrected chi connectivity index (χ3v) is 15.8. The molecule has 0 aromatic heterocycles. The molecule has 0 aliphatic heterocycles. The minimum absolute atomic E-state index is 0.0662. The molecule has 0 heterocycles. The Labute approximate surface area is 312 Å². The van der Waals surface area contributed by atoms with Crippen molar-refractivity contribution >= 4 is 5.97 Å². The van der Waals surface area contributed by atoms with E-state index >= 15 is 0 Å². The first-order valence-electron chi connectivity index (χ1n) is 23.0. The van der Waals surface area contributed by atoms with Gasteiger partial charge in [-0.25, -0.2) is 0 Å². The van der Waals surface area contributed by atoms with Crippen LogP contribution in [-0.2, 0) is 9.53 Å². The average molecular weight is 695 g/mol. The van der Waals surface area contributed by atoms with E-state index in [4.69, 9.17) is 4.74 Å². The molecule has 290 valence electrons. The van der Waals surface area contributed by atoms with Crippen molar-refractivity contribution in [2.75, 3.05) is 0 Å². The highest BCUT2D eigenvalue weighted by Crippen LogP contribution is 2.67. The van der Waals surface area contributed by atoms with Crippen LogP contribution in [0.3, 0.4) is 0 Å². The van der Waals surface area contributed by atoms with Gasteiger partial charge in [0, 0.05) is 12.8 Å². The van der Waals surface area contributed by atoms with Gasteiger partial charge in [0.2, 0.25) is 0 Å². The molecule has 9 atom stereocenters. The normalized spacial score (nSPS) is 31.8. The Bertz CT molecular complexity index is 996. The lowest BCUT2D eigenvalue weighted by Crippen LogP contribution is -2.51. The van der Waals surface area contributed by atoms with Crippen LogP contribution in [0.15, 0.2) is 11.6 Å². The molecule has 0 bridgehead atoms. The molecule has 2 heteroatoms. The van der Waals surface area contributed by atoms with Crippen LogP contribution in [0.2, 0.25) is 0 Å². The molecule has 0 amide bonds. The summed E-state index contributed by atoms with van der Waals surface area (Å²) in [6.45, 7) is 17.5. The van der Waals surface area contributed by atoms with Crippen molar-refractivity contribution in [3.05, 3.63) is 11.6 Å². The van der Waals surface area contributed by atoms with Gasteiger partial charge in [0.25, 0.3) is 0 Å². The number of rotatable bonds is 24. The Hall–Kier alpha value is -0.790. The maximum Gasteiger partial charge on any atom is 0.306 e. The highest BCUT2D eigenvalue weighted by atomic mass is 16.5. The van der Waals surface area contributed by atoms with Crippen molar-refractivity contribution in [1.29, 1.82) is 0 Å². The van der Waals surface area contributed by atoms with Gasteiger partial charge in [-0.2, -0.15) is 0 Å². The molecule has 0 N–H and O–H groups in total. The lowest BCUT2D eigenvalue weighted by Gasteiger charge is -2.58. The van der Waals surface area contributed by atoms with Crippen molar-refractivity contribution < 1.29 is 9.53 Å². The zero-order chi connectivity index (χ0) is 36.0. The maximum atomic E-state index is 12.9. The molecule has 2 nitrogen and oxygen atoms in total. The van der Waals surface area contributed by atoms with Gasteiger partial charge in [-0.3, -0.25) is 4.79 Å². The van der Waals surface area contributed by atoms with Crippen LogP contribution < -0.4 is 0 Å². The third kappa shape index (κ3) is 11.4. The van der Waals surface area contributed by atoms with E-state index in [0.717, 1.165) is 60.7 Å². The molecule has 0 spiro atoms. The predicted octanol–water partition coefficient (Wildman–Crippen LogP) is 15.2. The van der Waals surface area contributed by atoms with Gasteiger partial charge in [-0.1, -0.05) is 169 Å². The Morgan fingerprint density at radius 3 is 1.92 bits per heavy atom. The van der Waals surface area contributed by atoms with Gasteiger partial charge in [0.05, 0.1) is 0 Å². The zero-order valence-corrected chi connectivity index (χ0v) is 34.8. The third-order valence-electron chi connectivity index (χ3n) is 15.8. The van der Waals surface area contributed by atoms with Crippen molar-refractivity contribution in [3.8, 4) is 0 Å². The van der Waals surface area contributed by atoms with E-state index in [1.165, 1.54) is 154 Å². The van der Waals surface area contributed by atoms with Gasteiger partial charge in [0.15, 0.2) is 0 Å². The van der Waals surface area contributed by atoms with Gasteiger partial charge < -0.3 is 4.74 Å². The first-order chi connectivity index (χ1) is 24.1. The molecule has 3 saturated carbocycles. The van der Waals surface area contributed by atoms with Crippen LogP contribution in [0.5, 0.6) is 0 Å². The van der Waals surface area contributed by atoms with Gasteiger partial charge in [0.1, 0.15) is 6.10 Å². The minimum Gasteiger partial charge on any atom is -0.462 e. The molecule has 0 radical (unpaired) electrons. The SMILES string of the molecule is CCCCCCCCCCCCCCCCCCC(=O)OC1CCC2(C)C(=CCC3C2CCC2(C)C(C(C)CCC(CC)C(C)C)CCC32)C1. The number of hydrogen-bond acceptors (Lipinski definition) is 2. The number of fused-ring (bicyclic) bond motifs is 5. The molecule has 3 fully saturated rings. The van der Waals surface area contributed by atoms with Crippen LogP contribution in [0, 0.1) is 52.3 Å². The molecule has 0 aromatic carbocycles. The summed E-state index contributed by atoms with van der Waals surface area (Å²) in [4.78, 5) is 12.9. The van der Waals surface area contributed by atoms with Gasteiger partial charge >= 0.3 is 5.97 Å². The smallest absolute Gasteiger partial charge is 0.306 e. The maximum absolute atomic E-state index is 12.9. The van der Waals surface area contributed by atoms with Crippen molar-refractivity contribution in [2.45, 2.75) is 234 Å². The van der Waals surface area contributed by atoms with E-state index in [9.17, 15) is 4.79 Å². The Morgan fingerprint density at radius 1 is 0.740 bits per heavy atom. The van der Waals surface area contributed by atoms with E-state index in [-0.39, 0.29) is 12.1 Å². The fourth-order valence-corrected chi connectivity index (χ4v) is 12.5. The summed E-state index contributed by atoms with van der Waals surface area (Å²) in [5.41, 5.74) is 2.52. The van der Waals surface area contributed by atoms with Crippen LogP contribution in [-0.4, -0.2) is 12.1 Å². The number of unbranched alkanes of at least 4 members (excludes halogenated alkanes) is 15. The van der Waals surface area contributed by atoms with Crippen LogP contribution in [0.4, 0.5) is 0 Å². The fourth-order valence-electron chi connectivity index (χ4n) is 12.5. The molecule has 4 rings (SSSR count). The predicted molar refractivity (Wildman–Crippen MR) is 216 cm³/mol. The summed E-state index contributed by atoms with van der Waals surface area (Å²) in [6.07, 6.45) is 39.8. The van der Waals surface area contributed by atoms with Crippen molar-refractivity contribution in [1.82, 2.24) is 0 Å². The number of ether oxygens (including phenoxy) is 1. The minimum atomic E-state index is 0.0662. The summed E-state index contributed by atoms with van der Waals surface area (Å²) in [5.74, 6) is 6.18. The molecule has 50 heavy (non-hydrogen) atoms. The Balaban J connectivity index is 1.10. The average Bonchev–Trinajstić information content (AvgIpc) is 3.45. The molecular weight excluding hydrogens is 609 g/mol. The monoisotopic (exact) mass is 695 g/mol. The first kappa shape index (κ1) is 42.0. The van der Waals surface area contributed by atoms with E-state index < -0.39 is 0 Å². The first-order valence-corrected chi connectivity index (χ1v) is 23.0. The molecule has 0 saturated heterocycles. The molecule has 9 unspecified atom stereocenters. The van der Waals surface area contributed by atoms with Crippen molar-refractivity contribution in [2.24, 2.45) is 52.3 Å². The van der Waals surface area contributed by atoms with E-state index in [2.05, 4.69) is 54.5 Å². The molecular formula is C48H86O2. The standard InChI is InChI=1S/C48H86O2/c1-8-10-11-12-13-14-15-16-17-18-19-20-21-22-23-24-25-46(49)50-41-32-34-47(6)40(36-41)28-29-42-44-31-30-43(48(44,7)35-33-45(42)47)38(5)26-27-39(9-2)37(3)4/h28,37-39,41-45H,8-27,29-36H2,1-7H3. The Morgan fingerprint density at radius 2 is 1.34 bits per heavy atom. The second-order valence-electron chi connectivity index (χ2n) is 19.4. The summed E-state index contributed by atoms with van der Waals surface area (Å²) >= 11 is 0. The van der Waals surface area contributed by atoms with Gasteiger partial charge in [-0.15, -0.1) is 0 Å². The second-order valence-corrected chi connectivity index (χ2v) is 19.4. The van der Waals surface area contributed by atoms with E-state index in [1.54, 1.807) is 5.57 Å². The van der Waals surface area contributed by atoms with Crippen LogP contribution in [0.1, 0.15) is 228 Å². The second kappa shape index (κ2) is 21.2. The topological polar surface area (TPSA) is 26.3 Å². The summed E-state index contributed by atoms with van der Waals surface area (Å²) in [5, 5.41) is 0. The molecule has 4 aliphatic carbocycles. The zero-order valence-electron chi connectivity index (χ0n) is 34.8. The molecule has 4 aliphatic rings. The highest BCUT2D eigenvalue weighted by Gasteiger charge is 2.59. The van der Waals surface area contributed by atoms with Crippen molar-refractivity contribution in [3.63, 3.8) is 0 Å². The molecule has 0 aromatic rings. The summed E-state index contributed by atoms with van der Waals surface area (Å²) in [7, 11) is 0. The largest absolute Gasteiger partial charge is 0.462 e. The number of allylic oxidation sites excluding steroid dienone is 1. The highest BCUT2D eigenvalue weighted by molar-refractivity contribution is 5.69. The fraction of sp³-hybridized carbons (Fsp3) is 0.938. The number of carbonyl (C=O) groups is 1. The number of esters is 1. The van der Waals surface area contributed by atoms with E-state index in [1.807, 2.05) is 0 Å². The Kier molecular flexibility index (Phi) is 17.8. The van der Waals surface area contributed by atoms with Crippen LogP contribution in [0.25, 0.3) is 0 Å². The van der Waals surface area contributed by atoms with E-state index in [0.29, 0.717) is 17.3 Å². The summed E-state index contributed by atoms with van der Waals surface area (Å²) in [6, 6.07) is 0. The number of carbonyl (C=O) groups excluding carboxylic acids is 1. The quantitative estimate of drug-likeness (QED) is 0.0571. The lowest BCUT2D eigenvalue weighted by atomic mass is 9.47. The van der Waals surface area contributed by atoms with Crippen LogP contribution >= 0.6 is 0 Å².